The zero-order valence-electron chi connectivity index (χ0n) is 26.5. The van der Waals surface area contributed by atoms with Crippen molar-refractivity contribution in [1.82, 2.24) is 15.2 Å². The summed E-state index contributed by atoms with van der Waals surface area (Å²) < 4.78 is 78.1. The number of alkyl halides is 3. The predicted molar refractivity (Wildman–Crippen MR) is 168 cm³/mol. The summed E-state index contributed by atoms with van der Waals surface area (Å²) in [6.07, 6.45) is 1.35. The van der Waals surface area contributed by atoms with Crippen LogP contribution in [-0.4, -0.2) is 61.2 Å². The zero-order valence-corrected chi connectivity index (χ0v) is 26.5. The fraction of sp³-hybridized carbons (Fsp3) is 0.471. The van der Waals surface area contributed by atoms with E-state index in [1.165, 1.54) is 31.7 Å². The average molecular weight is 646 g/mol. The molecule has 1 saturated carbocycles. The van der Waals surface area contributed by atoms with E-state index in [4.69, 9.17) is 4.74 Å². The molecule has 46 heavy (non-hydrogen) atoms. The number of carbonyl (C=O) groups excluding carboxylic acids is 1. The molecule has 1 aliphatic carbocycles. The van der Waals surface area contributed by atoms with Crippen molar-refractivity contribution in [3.63, 3.8) is 0 Å². The number of piperazine rings is 1. The van der Waals surface area contributed by atoms with Gasteiger partial charge in [0.15, 0.2) is 0 Å². The van der Waals surface area contributed by atoms with E-state index >= 15 is 8.78 Å². The van der Waals surface area contributed by atoms with Crippen LogP contribution in [0.3, 0.4) is 0 Å². The van der Waals surface area contributed by atoms with Crippen molar-refractivity contribution in [2.24, 2.45) is 0 Å². The third-order valence-corrected chi connectivity index (χ3v) is 9.23. The second-order valence-electron chi connectivity index (χ2n) is 12.3. The number of benzene rings is 2. The predicted octanol–water partition coefficient (Wildman–Crippen LogP) is 7.26. The molecule has 0 bridgehead atoms. The highest BCUT2D eigenvalue weighted by molar-refractivity contribution is 6.07. The van der Waals surface area contributed by atoms with Gasteiger partial charge in [-0.2, -0.15) is 13.2 Å². The minimum absolute atomic E-state index is 0.123. The summed E-state index contributed by atoms with van der Waals surface area (Å²) in [6, 6.07) is 8.46. The molecule has 1 amide bonds. The minimum Gasteiger partial charge on any atom is -0.481 e. The van der Waals surface area contributed by atoms with E-state index in [1.807, 2.05) is 25.8 Å². The monoisotopic (exact) mass is 645 g/mol. The molecule has 248 valence electrons. The van der Waals surface area contributed by atoms with Gasteiger partial charge in [-0.3, -0.25) is 9.69 Å². The molecule has 2 N–H and O–H groups in total. The van der Waals surface area contributed by atoms with E-state index in [0.717, 1.165) is 31.9 Å². The number of rotatable bonds is 8. The average Bonchev–Trinajstić information content (AvgIpc) is 3.03. The van der Waals surface area contributed by atoms with Crippen LogP contribution in [0.2, 0.25) is 0 Å². The number of hydrogen-bond donors (Lipinski definition) is 2. The number of anilines is 2. The van der Waals surface area contributed by atoms with E-state index in [0.29, 0.717) is 30.4 Å². The van der Waals surface area contributed by atoms with Gasteiger partial charge in [-0.1, -0.05) is 31.4 Å². The quantitative estimate of drug-likeness (QED) is 0.252. The second kappa shape index (κ2) is 13.9. The normalized spacial score (nSPS) is 19.7. The van der Waals surface area contributed by atoms with Crippen LogP contribution in [0.4, 0.5) is 33.3 Å². The molecule has 2 heterocycles. The number of nitrogens with zero attached hydrogens (tertiary/aromatic N) is 3. The molecule has 2 fully saturated rings. The van der Waals surface area contributed by atoms with Crippen LogP contribution < -0.4 is 20.3 Å². The van der Waals surface area contributed by atoms with Gasteiger partial charge in [0.1, 0.15) is 11.6 Å². The van der Waals surface area contributed by atoms with Gasteiger partial charge >= 0.3 is 6.18 Å². The second-order valence-corrected chi connectivity index (χ2v) is 12.3. The summed E-state index contributed by atoms with van der Waals surface area (Å²) in [5.41, 5.74) is -1.10. The van der Waals surface area contributed by atoms with Gasteiger partial charge in [-0.05, 0) is 57.5 Å². The standard InChI is InChI=1S/C34H40F5N5O2/c1-20-18-44(19-21(2)43(20)3)29-13-11-22(31-27(35)12-10-23(32(31)36)16-40-24-8-6-5-7-9-24)14-28(29)42-33(45)25-17-41-30(46-4)15-26(25)34(37,38)39/h10-15,17,20-21,24,40H,5-9,16,18-19H2,1-4H3,(H,42,45)/t20-,21+. The third kappa shape index (κ3) is 7.28. The van der Waals surface area contributed by atoms with Crippen LogP contribution in [0.25, 0.3) is 11.1 Å². The number of hydrogen-bond acceptors (Lipinski definition) is 6. The summed E-state index contributed by atoms with van der Waals surface area (Å²) >= 11 is 0. The number of ether oxygens (including phenoxy) is 1. The maximum Gasteiger partial charge on any atom is 0.417 e. The van der Waals surface area contributed by atoms with Gasteiger partial charge in [0.25, 0.3) is 5.91 Å². The Morgan fingerprint density at radius 3 is 2.37 bits per heavy atom. The highest BCUT2D eigenvalue weighted by Crippen LogP contribution is 2.38. The Bertz CT molecular complexity index is 1550. The van der Waals surface area contributed by atoms with Crippen molar-refractivity contribution in [3.8, 4) is 17.0 Å². The Morgan fingerprint density at radius 1 is 1.02 bits per heavy atom. The van der Waals surface area contributed by atoms with Crippen molar-refractivity contribution in [2.45, 2.75) is 76.8 Å². The maximum atomic E-state index is 16.0. The van der Waals surface area contributed by atoms with Crippen LogP contribution in [0.15, 0.2) is 42.6 Å². The summed E-state index contributed by atoms with van der Waals surface area (Å²) in [4.78, 5) is 21.5. The van der Waals surface area contributed by atoms with Gasteiger partial charge in [-0.25, -0.2) is 13.8 Å². The summed E-state index contributed by atoms with van der Waals surface area (Å²) in [7, 11) is 3.19. The highest BCUT2D eigenvalue weighted by Gasteiger charge is 2.37. The lowest BCUT2D eigenvalue weighted by Crippen LogP contribution is -2.55. The van der Waals surface area contributed by atoms with Crippen molar-refractivity contribution < 1.29 is 31.5 Å². The molecule has 0 unspecified atom stereocenters. The molecular formula is C34H40F5N5O2. The molecule has 2 aromatic carbocycles. The van der Waals surface area contributed by atoms with Gasteiger partial charge in [0.2, 0.25) is 5.88 Å². The van der Waals surface area contributed by atoms with Crippen LogP contribution in [0.1, 0.15) is 67.4 Å². The topological polar surface area (TPSA) is 69.7 Å². The number of aromatic nitrogens is 1. The molecule has 0 radical (unpaired) electrons. The molecular weight excluding hydrogens is 605 g/mol. The van der Waals surface area contributed by atoms with Gasteiger partial charge in [0.05, 0.1) is 35.2 Å². The fourth-order valence-corrected chi connectivity index (χ4v) is 6.38. The van der Waals surface area contributed by atoms with Crippen molar-refractivity contribution >= 4 is 17.3 Å². The van der Waals surface area contributed by atoms with E-state index < -0.39 is 34.8 Å². The Morgan fingerprint density at radius 2 is 1.72 bits per heavy atom. The molecule has 12 heteroatoms. The molecule has 7 nitrogen and oxygen atoms in total. The first-order valence-electron chi connectivity index (χ1n) is 15.6. The summed E-state index contributed by atoms with van der Waals surface area (Å²) in [6.45, 7) is 5.45. The lowest BCUT2D eigenvalue weighted by Gasteiger charge is -2.44. The number of likely N-dealkylation sites (N-methyl/N-ethyl adjacent to an activating group) is 1. The summed E-state index contributed by atoms with van der Waals surface area (Å²) in [5, 5.41) is 6.00. The first kappa shape index (κ1) is 33.6. The minimum atomic E-state index is -4.87. The molecule has 1 aromatic heterocycles. The number of carbonyl (C=O) groups is 1. The number of nitrogens with one attached hydrogen (secondary N) is 2. The molecule has 3 aromatic rings. The highest BCUT2D eigenvalue weighted by atomic mass is 19.4. The largest absolute Gasteiger partial charge is 0.481 e. The molecule has 5 rings (SSSR count). The Labute approximate surface area is 266 Å². The van der Waals surface area contributed by atoms with Crippen LogP contribution in [0.5, 0.6) is 5.88 Å². The number of amides is 1. The van der Waals surface area contributed by atoms with Crippen LogP contribution in [0, 0.1) is 11.6 Å². The van der Waals surface area contributed by atoms with Crippen LogP contribution >= 0.6 is 0 Å². The third-order valence-electron chi connectivity index (χ3n) is 9.23. The molecule has 1 saturated heterocycles. The van der Waals surface area contributed by atoms with Gasteiger partial charge in [0, 0.05) is 55.6 Å². The number of methoxy groups -OCH3 is 1. The molecule has 2 atom stereocenters. The van der Waals surface area contributed by atoms with Crippen LogP contribution in [-0.2, 0) is 12.7 Å². The lowest BCUT2D eigenvalue weighted by molar-refractivity contribution is -0.138. The van der Waals surface area contributed by atoms with E-state index in [1.54, 1.807) is 12.1 Å². The smallest absolute Gasteiger partial charge is 0.417 e. The molecule has 1 aliphatic heterocycles. The molecule has 0 spiro atoms. The number of halogens is 5. The first-order valence-corrected chi connectivity index (χ1v) is 15.6. The Hall–Kier alpha value is -3.77. The van der Waals surface area contributed by atoms with Crippen molar-refractivity contribution in [1.29, 1.82) is 0 Å². The maximum absolute atomic E-state index is 16.0. The SMILES string of the molecule is COc1cc(C(F)(F)F)c(C(=O)Nc2cc(-c3c(F)ccc(CNC4CCCCC4)c3F)ccc2N2C[C@@H](C)N(C)[C@@H](C)C2)cn1. The van der Waals surface area contributed by atoms with E-state index in [9.17, 15) is 18.0 Å². The first-order chi connectivity index (χ1) is 21.9. The Balaban J connectivity index is 1.54. The fourth-order valence-electron chi connectivity index (χ4n) is 6.38. The van der Waals surface area contributed by atoms with Crippen molar-refractivity contribution in [3.05, 3.63) is 70.9 Å². The van der Waals surface area contributed by atoms with Crippen molar-refractivity contribution in [2.75, 3.05) is 37.5 Å². The zero-order chi connectivity index (χ0) is 33.2. The molecule has 2 aliphatic rings. The van der Waals surface area contributed by atoms with Gasteiger partial charge in [-0.15, -0.1) is 0 Å². The lowest BCUT2D eigenvalue weighted by atomic mass is 9.95. The Kier molecular flexibility index (Phi) is 10.2. The summed E-state index contributed by atoms with van der Waals surface area (Å²) in [5.74, 6) is -2.88. The van der Waals surface area contributed by atoms with Gasteiger partial charge < -0.3 is 20.3 Å². The van der Waals surface area contributed by atoms with E-state index in [-0.39, 0.29) is 47.4 Å². The van der Waals surface area contributed by atoms with E-state index in [2.05, 4.69) is 20.5 Å². The number of pyridine rings is 1.